The van der Waals surface area contributed by atoms with E-state index in [2.05, 4.69) is 20.8 Å². The molecule has 1 N–H and O–H groups in total. The summed E-state index contributed by atoms with van der Waals surface area (Å²) in [5.74, 6) is 0.329. The van der Waals surface area contributed by atoms with Gasteiger partial charge in [-0.1, -0.05) is 207 Å². The van der Waals surface area contributed by atoms with Gasteiger partial charge in [0.1, 0.15) is 18.0 Å². The van der Waals surface area contributed by atoms with Crippen molar-refractivity contribution in [1.29, 1.82) is 0 Å². The lowest BCUT2D eigenvalue weighted by Crippen LogP contribution is -2.18. The lowest BCUT2D eigenvalue weighted by Gasteiger charge is -2.18. The predicted octanol–water partition coefficient (Wildman–Crippen LogP) is 17.4. The number of hydrogen-bond donors (Lipinski definition) is 1. The summed E-state index contributed by atoms with van der Waals surface area (Å²) in [4.78, 5) is 36.6. The fraction of sp³-hybridized carbons (Fsp3) is 0.945. The molecule has 3 atom stereocenters. The van der Waals surface area contributed by atoms with Gasteiger partial charge in [-0.2, -0.15) is 0 Å². The number of carbonyl (C=O) groups is 3. The minimum atomic E-state index is -0.0995. The van der Waals surface area contributed by atoms with Gasteiger partial charge in [-0.25, -0.2) is 0 Å². The van der Waals surface area contributed by atoms with Gasteiger partial charge in [0.05, 0.1) is 6.10 Å². The van der Waals surface area contributed by atoms with E-state index in [1.807, 2.05) is 0 Å². The van der Waals surface area contributed by atoms with Crippen LogP contribution in [0.5, 0.6) is 0 Å². The van der Waals surface area contributed by atoms with Crippen LogP contribution in [0.25, 0.3) is 0 Å². The summed E-state index contributed by atoms with van der Waals surface area (Å²) in [5.41, 5.74) is 0. The largest absolute Gasteiger partial charge is 0.462 e. The first-order valence-electron chi connectivity index (χ1n) is 27.4. The van der Waals surface area contributed by atoms with E-state index >= 15 is 0 Å². The Morgan fingerprint density at radius 2 is 0.557 bits per heavy atom. The Labute approximate surface area is 380 Å². The van der Waals surface area contributed by atoms with Crippen molar-refractivity contribution in [3.05, 3.63) is 0 Å². The van der Waals surface area contributed by atoms with Crippen molar-refractivity contribution in [1.82, 2.24) is 0 Å². The van der Waals surface area contributed by atoms with Gasteiger partial charge in [-0.05, 0) is 90.4 Å². The van der Waals surface area contributed by atoms with E-state index in [1.165, 1.54) is 167 Å². The second kappa shape index (κ2) is 48.0. The molecule has 362 valence electrons. The molecule has 0 aromatic rings. The highest BCUT2D eigenvalue weighted by Gasteiger charge is 2.16. The number of Topliss-reactive ketones (excluding diaryl/α,β-unsaturated/α-hetero) is 1. The van der Waals surface area contributed by atoms with Crippen molar-refractivity contribution < 1.29 is 29.0 Å². The Bertz CT molecular complexity index is 935. The highest BCUT2D eigenvalue weighted by molar-refractivity contribution is 5.75. The van der Waals surface area contributed by atoms with Crippen molar-refractivity contribution in [2.75, 3.05) is 0 Å². The topological polar surface area (TPSA) is 89.9 Å². The molecule has 0 bridgehead atoms. The van der Waals surface area contributed by atoms with Crippen molar-refractivity contribution in [3.63, 3.8) is 0 Å². The van der Waals surface area contributed by atoms with E-state index in [0.29, 0.717) is 18.6 Å². The van der Waals surface area contributed by atoms with E-state index in [1.54, 1.807) is 6.92 Å². The molecule has 0 amide bonds. The third-order valence-electron chi connectivity index (χ3n) is 12.9. The van der Waals surface area contributed by atoms with Gasteiger partial charge < -0.3 is 19.4 Å². The maximum absolute atomic E-state index is 12.8. The maximum atomic E-state index is 12.8. The molecule has 0 aromatic heterocycles. The van der Waals surface area contributed by atoms with Gasteiger partial charge >= 0.3 is 11.9 Å². The lowest BCUT2D eigenvalue weighted by molar-refractivity contribution is -0.151. The Kier molecular flexibility index (Phi) is 46.9. The molecule has 3 unspecified atom stereocenters. The van der Waals surface area contributed by atoms with Crippen LogP contribution in [0.2, 0.25) is 0 Å². The summed E-state index contributed by atoms with van der Waals surface area (Å²) in [6, 6.07) is 0. The zero-order valence-corrected chi connectivity index (χ0v) is 41.5. The fourth-order valence-corrected chi connectivity index (χ4v) is 8.78. The Morgan fingerprint density at radius 1 is 0.328 bits per heavy atom. The van der Waals surface area contributed by atoms with Crippen molar-refractivity contribution in [3.8, 4) is 0 Å². The molecule has 6 nitrogen and oxygen atoms in total. The van der Waals surface area contributed by atoms with Crippen LogP contribution in [0.4, 0.5) is 0 Å². The molecule has 0 saturated carbocycles. The molecule has 0 aliphatic carbocycles. The van der Waals surface area contributed by atoms with Crippen LogP contribution in [-0.2, 0) is 23.9 Å². The number of hydrogen-bond acceptors (Lipinski definition) is 6. The first kappa shape index (κ1) is 59.6. The third-order valence-corrected chi connectivity index (χ3v) is 12.9. The maximum Gasteiger partial charge on any atom is 0.306 e. The number of rotatable bonds is 50. The standard InChI is InChI=1S/C55H106O6/c1-5-8-11-33-42-51(57)43-34-27-21-15-18-24-30-39-48-54(58)61-53(45-36-13-10-7-3)47-38-29-23-17-19-25-31-40-49-55(59)60-52(44-35-12-9-6-2)46-37-28-22-16-14-20-26-32-41-50(4)56/h51-53,57H,5-49H2,1-4H3. The summed E-state index contributed by atoms with van der Waals surface area (Å²) >= 11 is 0. The van der Waals surface area contributed by atoms with Crippen LogP contribution in [0.3, 0.4) is 0 Å². The van der Waals surface area contributed by atoms with Crippen molar-refractivity contribution in [2.45, 2.75) is 335 Å². The molecule has 0 radical (unpaired) electrons. The number of unbranched alkanes of at least 4 members (excludes halogenated alkanes) is 30. The predicted molar refractivity (Wildman–Crippen MR) is 261 cm³/mol. The molecule has 0 fully saturated rings. The fourth-order valence-electron chi connectivity index (χ4n) is 8.78. The minimum Gasteiger partial charge on any atom is -0.462 e. The van der Waals surface area contributed by atoms with Gasteiger partial charge in [0, 0.05) is 19.3 Å². The second-order valence-corrected chi connectivity index (χ2v) is 19.2. The number of esters is 2. The molecule has 61 heavy (non-hydrogen) atoms. The van der Waals surface area contributed by atoms with Gasteiger partial charge in [0.2, 0.25) is 0 Å². The van der Waals surface area contributed by atoms with E-state index < -0.39 is 0 Å². The minimum absolute atomic E-state index is 0.00850. The number of aliphatic hydroxyl groups is 1. The summed E-state index contributed by atoms with van der Waals surface area (Å²) in [7, 11) is 0. The first-order chi connectivity index (χ1) is 29.8. The third kappa shape index (κ3) is 46.4. The van der Waals surface area contributed by atoms with Gasteiger partial charge in [-0.15, -0.1) is 0 Å². The molecule has 0 heterocycles. The van der Waals surface area contributed by atoms with E-state index in [9.17, 15) is 19.5 Å². The van der Waals surface area contributed by atoms with Gasteiger partial charge in [0.25, 0.3) is 0 Å². The molecule has 0 aromatic carbocycles. The molecule has 6 heteroatoms. The summed E-state index contributed by atoms with van der Waals surface area (Å²) < 4.78 is 12.1. The second-order valence-electron chi connectivity index (χ2n) is 19.2. The number of ether oxygens (including phenoxy) is 2. The Hall–Kier alpha value is -1.43. The van der Waals surface area contributed by atoms with Crippen LogP contribution in [-0.4, -0.2) is 41.1 Å². The van der Waals surface area contributed by atoms with Crippen molar-refractivity contribution in [2.24, 2.45) is 0 Å². The summed E-state index contributed by atoms with van der Waals surface area (Å²) in [6.45, 7) is 8.40. The average molecular weight is 863 g/mol. The molecule has 0 saturated heterocycles. The number of carbonyl (C=O) groups excluding carboxylic acids is 3. The Balaban J connectivity index is 4.10. The van der Waals surface area contributed by atoms with Gasteiger partial charge in [0.15, 0.2) is 0 Å². The van der Waals surface area contributed by atoms with E-state index in [4.69, 9.17) is 9.47 Å². The number of ketones is 1. The summed E-state index contributed by atoms with van der Waals surface area (Å²) in [5, 5.41) is 10.2. The zero-order chi connectivity index (χ0) is 44.7. The normalized spacial score (nSPS) is 13.0. The highest BCUT2D eigenvalue weighted by Crippen LogP contribution is 2.21. The number of aliphatic hydroxyl groups excluding tert-OH is 1. The quantitative estimate of drug-likeness (QED) is 0.0484. The lowest BCUT2D eigenvalue weighted by atomic mass is 10.0. The van der Waals surface area contributed by atoms with Crippen LogP contribution in [0, 0.1) is 0 Å². The molecule has 0 aliphatic rings. The van der Waals surface area contributed by atoms with E-state index in [-0.39, 0.29) is 30.3 Å². The van der Waals surface area contributed by atoms with Crippen LogP contribution in [0.15, 0.2) is 0 Å². The molecule has 0 aliphatic heterocycles. The first-order valence-corrected chi connectivity index (χ1v) is 27.4. The Morgan fingerprint density at radius 3 is 0.836 bits per heavy atom. The van der Waals surface area contributed by atoms with Crippen molar-refractivity contribution >= 4 is 17.7 Å². The smallest absolute Gasteiger partial charge is 0.306 e. The van der Waals surface area contributed by atoms with Crippen LogP contribution < -0.4 is 0 Å². The molecule has 0 spiro atoms. The molecular weight excluding hydrogens is 757 g/mol. The SMILES string of the molecule is CCCCCCC(O)CCCCCCCCCCC(=O)OC(CCCCCC)CCCCCCCCCCC(=O)OC(CCCCCC)CCCCCCCCCCC(C)=O. The summed E-state index contributed by atoms with van der Waals surface area (Å²) in [6.07, 6.45) is 50.9. The average Bonchev–Trinajstić information content (AvgIpc) is 3.24. The van der Waals surface area contributed by atoms with Gasteiger partial charge in [-0.3, -0.25) is 9.59 Å². The molecular formula is C55H106O6. The monoisotopic (exact) mass is 863 g/mol. The zero-order valence-electron chi connectivity index (χ0n) is 41.5. The highest BCUT2D eigenvalue weighted by atomic mass is 16.5. The van der Waals surface area contributed by atoms with Crippen LogP contribution in [0.1, 0.15) is 317 Å². The van der Waals surface area contributed by atoms with E-state index in [0.717, 1.165) is 109 Å². The molecule has 0 rings (SSSR count). The van der Waals surface area contributed by atoms with Crippen LogP contribution >= 0.6 is 0 Å².